The second-order valence-corrected chi connectivity index (χ2v) is 2.49. The molecule has 0 bridgehead atoms. The fraction of sp³-hybridized carbons (Fsp3) is 1.00. The smallest absolute Gasteiger partial charge is 0.0216 e. The lowest BCUT2D eigenvalue weighted by Gasteiger charge is -2.12. The summed E-state index contributed by atoms with van der Waals surface area (Å²) in [4.78, 5) is 0. The number of nitrogens with one attached hydrogen (secondary N) is 1. The predicted octanol–water partition coefficient (Wildman–Crippen LogP) is 0.0856. The van der Waals surface area contributed by atoms with Crippen LogP contribution < -0.4 is 11.1 Å². The van der Waals surface area contributed by atoms with Crippen molar-refractivity contribution >= 4 is 0 Å². The lowest BCUT2D eigenvalue weighted by Crippen LogP contribution is -2.38. The van der Waals surface area contributed by atoms with Crippen LogP contribution in [0.5, 0.6) is 0 Å². The van der Waals surface area contributed by atoms with E-state index < -0.39 is 0 Å². The van der Waals surface area contributed by atoms with Crippen LogP contribution in [0.4, 0.5) is 0 Å². The quantitative estimate of drug-likeness (QED) is 0.507. The highest BCUT2D eigenvalue weighted by atomic mass is 14.9. The van der Waals surface area contributed by atoms with Gasteiger partial charge in [0.05, 0.1) is 0 Å². The zero-order valence-corrected chi connectivity index (χ0v) is 5.35. The van der Waals surface area contributed by atoms with E-state index in [1.165, 1.54) is 19.3 Å². The Morgan fingerprint density at radius 2 is 2.25 bits per heavy atom. The highest BCUT2D eigenvalue weighted by Crippen LogP contribution is 2.15. The van der Waals surface area contributed by atoms with Crippen LogP contribution in [-0.4, -0.2) is 19.1 Å². The first-order valence-electron chi connectivity index (χ1n) is 3.27. The van der Waals surface area contributed by atoms with Crippen molar-refractivity contribution in [3.05, 3.63) is 0 Å². The van der Waals surface area contributed by atoms with Gasteiger partial charge in [-0.1, -0.05) is 6.42 Å². The highest BCUT2D eigenvalue weighted by Gasteiger charge is 2.21. The van der Waals surface area contributed by atoms with Gasteiger partial charge in [-0.2, -0.15) is 0 Å². The molecule has 0 amide bonds. The second kappa shape index (κ2) is 2.46. The predicted molar refractivity (Wildman–Crippen MR) is 34.7 cm³/mol. The third kappa shape index (κ3) is 1.01. The summed E-state index contributed by atoms with van der Waals surface area (Å²) in [5.41, 5.74) is 5.73. The SMILES string of the molecule is CN[C@@H]1CCC[C@@H]1N. The van der Waals surface area contributed by atoms with E-state index in [0.29, 0.717) is 12.1 Å². The molecule has 0 aromatic heterocycles. The monoisotopic (exact) mass is 114 g/mol. The molecule has 0 aromatic rings. The Balaban J connectivity index is 2.30. The molecule has 48 valence electrons. The van der Waals surface area contributed by atoms with Crippen LogP contribution in [0.2, 0.25) is 0 Å². The van der Waals surface area contributed by atoms with E-state index in [-0.39, 0.29) is 0 Å². The average molecular weight is 114 g/mol. The van der Waals surface area contributed by atoms with E-state index in [2.05, 4.69) is 5.32 Å². The molecule has 0 heterocycles. The normalized spacial score (nSPS) is 38.2. The number of hydrogen-bond donors (Lipinski definition) is 2. The van der Waals surface area contributed by atoms with E-state index in [1.807, 2.05) is 7.05 Å². The van der Waals surface area contributed by atoms with Gasteiger partial charge in [0.1, 0.15) is 0 Å². The van der Waals surface area contributed by atoms with Crippen LogP contribution in [-0.2, 0) is 0 Å². The summed E-state index contributed by atoms with van der Waals surface area (Å²) in [7, 11) is 1.98. The molecule has 2 atom stereocenters. The molecule has 3 N–H and O–H groups in total. The molecule has 2 heteroatoms. The first-order chi connectivity index (χ1) is 3.84. The molecule has 1 aliphatic rings. The molecule has 1 aliphatic carbocycles. The van der Waals surface area contributed by atoms with Gasteiger partial charge in [0.15, 0.2) is 0 Å². The van der Waals surface area contributed by atoms with Crippen LogP contribution in [0, 0.1) is 0 Å². The van der Waals surface area contributed by atoms with Crippen LogP contribution in [0.15, 0.2) is 0 Å². The van der Waals surface area contributed by atoms with E-state index >= 15 is 0 Å². The summed E-state index contributed by atoms with van der Waals surface area (Å²) in [6, 6.07) is 1.01. The number of rotatable bonds is 1. The maximum atomic E-state index is 5.73. The van der Waals surface area contributed by atoms with E-state index in [9.17, 15) is 0 Å². The van der Waals surface area contributed by atoms with Crippen molar-refractivity contribution in [2.24, 2.45) is 5.73 Å². The topological polar surface area (TPSA) is 38.0 Å². The fourth-order valence-electron chi connectivity index (χ4n) is 1.35. The number of likely N-dealkylation sites (N-methyl/N-ethyl adjacent to an activating group) is 1. The van der Waals surface area contributed by atoms with E-state index in [4.69, 9.17) is 5.73 Å². The lowest BCUT2D eigenvalue weighted by molar-refractivity contribution is 0.518. The number of nitrogens with two attached hydrogens (primary N) is 1. The molecule has 1 rings (SSSR count). The Morgan fingerprint density at radius 3 is 2.50 bits per heavy atom. The standard InChI is InChI=1S/C6H14N2/c1-8-6-4-2-3-5(6)7/h5-6,8H,2-4,7H2,1H3/t5-,6+/m0/s1. The van der Waals surface area contributed by atoms with Gasteiger partial charge in [0, 0.05) is 12.1 Å². The molecule has 1 saturated carbocycles. The summed E-state index contributed by atoms with van der Waals surface area (Å²) < 4.78 is 0. The largest absolute Gasteiger partial charge is 0.326 e. The molecule has 2 nitrogen and oxygen atoms in total. The minimum absolute atomic E-state index is 0.417. The van der Waals surface area contributed by atoms with Gasteiger partial charge in [-0.25, -0.2) is 0 Å². The van der Waals surface area contributed by atoms with Gasteiger partial charge in [0.25, 0.3) is 0 Å². The summed E-state index contributed by atoms with van der Waals surface area (Å²) in [5, 5.41) is 3.19. The highest BCUT2D eigenvalue weighted by molar-refractivity contribution is 4.84. The van der Waals surface area contributed by atoms with Crippen molar-refractivity contribution in [2.45, 2.75) is 31.3 Å². The summed E-state index contributed by atoms with van der Waals surface area (Å²) in [6.07, 6.45) is 3.76. The molecular weight excluding hydrogens is 100 g/mol. The molecule has 8 heavy (non-hydrogen) atoms. The summed E-state index contributed by atoms with van der Waals surface area (Å²) in [6.45, 7) is 0. The zero-order valence-electron chi connectivity index (χ0n) is 5.35. The van der Waals surface area contributed by atoms with Crippen molar-refractivity contribution in [1.82, 2.24) is 5.32 Å². The number of hydrogen-bond acceptors (Lipinski definition) is 2. The minimum Gasteiger partial charge on any atom is -0.326 e. The summed E-state index contributed by atoms with van der Waals surface area (Å²) >= 11 is 0. The van der Waals surface area contributed by atoms with E-state index in [0.717, 1.165) is 0 Å². The van der Waals surface area contributed by atoms with Crippen molar-refractivity contribution in [3.63, 3.8) is 0 Å². The molecule has 0 unspecified atom stereocenters. The second-order valence-electron chi connectivity index (χ2n) is 2.49. The van der Waals surface area contributed by atoms with Crippen molar-refractivity contribution < 1.29 is 0 Å². The lowest BCUT2D eigenvalue weighted by atomic mass is 10.2. The zero-order chi connectivity index (χ0) is 5.98. The molecule has 0 aliphatic heterocycles. The Kier molecular flexibility index (Phi) is 1.86. The molecule has 0 radical (unpaired) electrons. The van der Waals surface area contributed by atoms with Gasteiger partial charge in [-0.3, -0.25) is 0 Å². The van der Waals surface area contributed by atoms with Gasteiger partial charge >= 0.3 is 0 Å². The average Bonchev–Trinajstić information content (AvgIpc) is 2.14. The van der Waals surface area contributed by atoms with Crippen molar-refractivity contribution in [1.29, 1.82) is 0 Å². The summed E-state index contributed by atoms with van der Waals surface area (Å²) in [5.74, 6) is 0. The maximum Gasteiger partial charge on any atom is 0.0216 e. The molecule has 0 aromatic carbocycles. The van der Waals surface area contributed by atoms with Crippen LogP contribution in [0.3, 0.4) is 0 Å². The van der Waals surface area contributed by atoms with Gasteiger partial charge < -0.3 is 11.1 Å². The molecule has 1 fully saturated rings. The Hall–Kier alpha value is -0.0800. The fourth-order valence-corrected chi connectivity index (χ4v) is 1.35. The van der Waals surface area contributed by atoms with Crippen LogP contribution in [0.25, 0.3) is 0 Å². The van der Waals surface area contributed by atoms with Crippen molar-refractivity contribution in [2.75, 3.05) is 7.05 Å². The maximum absolute atomic E-state index is 5.73. The van der Waals surface area contributed by atoms with Gasteiger partial charge in [0.2, 0.25) is 0 Å². The molecule has 0 saturated heterocycles. The van der Waals surface area contributed by atoms with Gasteiger partial charge in [-0.15, -0.1) is 0 Å². The van der Waals surface area contributed by atoms with Crippen LogP contribution >= 0.6 is 0 Å². The minimum atomic E-state index is 0.417. The third-order valence-electron chi connectivity index (χ3n) is 1.94. The van der Waals surface area contributed by atoms with E-state index in [1.54, 1.807) is 0 Å². The molecule has 0 spiro atoms. The first kappa shape index (κ1) is 6.05. The first-order valence-corrected chi connectivity index (χ1v) is 3.27. The Bertz CT molecular complexity index is 72.9. The Morgan fingerprint density at radius 1 is 1.50 bits per heavy atom. The van der Waals surface area contributed by atoms with Crippen molar-refractivity contribution in [3.8, 4) is 0 Å². The Labute approximate surface area is 50.4 Å². The molecular formula is C6H14N2. The van der Waals surface area contributed by atoms with Crippen LogP contribution in [0.1, 0.15) is 19.3 Å². The third-order valence-corrected chi connectivity index (χ3v) is 1.94. The van der Waals surface area contributed by atoms with Gasteiger partial charge in [-0.05, 0) is 19.9 Å².